The Kier molecular flexibility index (Phi) is 4.55. The van der Waals surface area contributed by atoms with Crippen LogP contribution < -0.4 is 5.32 Å². The molecule has 0 aliphatic heterocycles. The Morgan fingerprint density at radius 1 is 1.00 bits per heavy atom. The zero-order chi connectivity index (χ0) is 20.5. The molecule has 1 aliphatic carbocycles. The molecule has 30 heavy (non-hydrogen) atoms. The molecule has 1 saturated carbocycles. The number of tetrazole rings is 1. The van der Waals surface area contributed by atoms with Gasteiger partial charge in [0.05, 0.1) is 23.0 Å². The van der Waals surface area contributed by atoms with Gasteiger partial charge in [0.25, 0.3) is 5.91 Å². The Morgan fingerprint density at radius 3 is 2.57 bits per heavy atom. The summed E-state index contributed by atoms with van der Waals surface area (Å²) in [6, 6.07) is 21.6. The molecule has 2 aromatic carbocycles. The maximum atomic E-state index is 12.9. The first kappa shape index (κ1) is 18.2. The molecule has 1 fully saturated rings. The molecular formula is C23H20N6O. The lowest BCUT2D eigenvalue weighted by molar-refractivity contribution is 0.102. The smallest absolute Gasteiger partial charge is 0.257 e. The summed E-state index contributed by atoms with van der Waals surface area (Å²) in [6.07, 6.45) is 2.19. The van der Waals surface area contributed by atoms with Crippen LogP contribution in [0.4, 0.5) is 5.69 Å². The van der Waals surface area contributed by atoms with Crippen molar-refractivity contribution in [2.45, 2.75) is 25.8 Å². The van der Waals surface area contributed by atoms with Gasteiger partial charge >= 0.3 is 0 Å². The van der Waals surface area contributed by atoms with Crippen LogP contribution >= 0.6 is 0 Å². The monoisotopic (exact) mass is 396 g/mol. The second-order valence-corrected chi connectivity index (χ2v) is 7.41. The first-order chi connectivity index (χ1) is 14.7. The van der Waals surface area contributed by atoms with E-state index in [-0.39, 0.29) is 5.91 Å². The number of amides is 1. The van der Waals surface area contributed by atoms with Crippen molar-refractivity contribution in [3.8, 4) is 22.6 Å². The van der Waals surface area contributed by atoms with Crippen molar-refractivity contribution in [3.63, 3.8) is 0 Å². The number of anilines is 1. The van der Waals surface area contributed by atoms with E-state index in [0.29, 0.717) is 23.0 Å². The van der Waals surface area contributed by atoms with Crippen LogP contribution in [0.1, 0.15) is 34.9 Å². The number of pyridine rings is 1. The second-order valence-electron chi connectivity index (χ2n) is 7.41. The molecule has 5 rings (SSSR count). The van der Waals surface area contributed by atoms with Crippen molar-refractivity contribution in [2.75, 3.05) is 5.32 Å². The molecule has 0 atom stereocenters. The molecule has 7 heteroatoms. The van der Waals surface area contributed by atoms with Gasteiger partial charge in [0, 0.05) is 16.8 Å². The zero-order valence-corrected chi connectivity index (χ0v) is 16.5. The fraction of sp³-hybridized carbons (Fsp3) is 0.174. The summed E-state index contributed by atoms with van der Waals surface area (Å²) in [5.41, 5.74) is 4.66. The maximum Gasteiger partial charge on any atom is 0.257 e. The van der Waals surface area contributed by atoms with E-state index in [2.05, 4.69) is 25.8 Å². The lowest BCUT2D eigenvalue weighted by Crippen LogP contribution is -2.14. The lowest BCUT2D eigenvalue weighted by Gasteiger charge is -2.10. The lowest BCUT2D eigenvalue weighted by atomic mass is 10.1. The summed E-state index contributed by atoms with van der Waals surface area (Å²) in [4.78, 5) is 17.5. The van der Waals surface area contributed by atoms with Gasteiger partial charge in [-0.1, -0.05) is 42.5 Å². The first-order valence-corrected chi connectivity index (χ1v) is 9.92. The Morgan fingerprint density at radius 2 is 1.80 bits per heavy atom. The number of nitrogens with zero attached hydrogens (tertiary/aromatic N) is 5. The highest BCUT2D eigenvalue weighted by Crippen LogP contribution is 2.36. The number of aromatic nitrogens is 5. The number of nitrogens with one attached hydrogen (secondary N) is 1. The molecule has 148 valence electrons. The van der Waals surface area contributed by atoms with Gasteiger partial charge in [0.1, 0.15) is 0 Å². The van der Waals surface area contributed by atoms with Crippen molar-refractivity contribution in [2.24, 2.45) is 0 Å². The average Bonchev–Trinajstić information content (AvgIpc) is 3.50. The topological polar surface area (TPSA) is 85.6 Å². The number of hydrogen-bond donors (Lipinski definition) is 1. The molecule has 1 amide bonds. The third kappa shape index (κ3) is 3.57. The summed E-state index contributed by atoms with van der Waals surface area (Å²) in [5.74, 6) is 0.525. The third-order valence-corrected chi connectivity index (χ3v) is 5.16. The molecule has 0 bridgehead atoms. The highest BCUT2D eigenvalue weighted by Gasteiger charge is 2.28. The molecule has 4 aromatic rings. The highest BCUT2D eigenvalue weighted by molar-refractivity contribution is 6.05. The molecule has 0 unspecified atom stereocenters. The van der Waals surface area contributed by atoms with Crippen LogP contribution in [-0.2, 0) is 0 Å². The van der Waals surface area contributed by atoms with Crippen molar-refractivity contribution in [3.05, 3.63) is 78.0 Å². The van der Waals surface area contributed by atoms with Crippen molar-refractivity contribution in [1.29, 1.82) is 0 Å². The summed E-state index contributed by atoms with van der Waals surface area (Å²) in [5, 5.41) is 15.0. The molecule has 0 spiro atoms. The Hall–Kier alpha value is -3.87. The maximum absolute atomic E-state index is 12.9. The van der Waals surface area contributed by atoms with Gasteiger partial charge in [-0.2, -0.15) is 0 Å². The van der Waals surface area contributed by atoms with E-state index in [9.17, 15) is 4.79 Å². The zero-order valence-electron chi connectivity index (χ0n) is 16.5. The van der Waals surface area contributed by atoms with Crippen LogP contribution in [0.2, 0.25) is 0 Å². The average molecular weight is 396 g/mol. The fourth-order valence-corrected chi connectivity index (χ4v) is 3.45. The third-order valence-electron chi connectivity index (χ3n) is 5.16. The number of rotatable bonds is 5. The van der Waals surface area contributed by atoms with Gasteiger partial charge in [0.15, 0.2) is 5.82 Å². The Balaban J connectivity index is 1.37. The van der Waals surface area contributed by atoms with Gasteiger partial charge in [-0.3, -0.25) is 9.78 Å². The SMILES string of the molecule is Cc1nc(-c2ccccc2)ccc1C(=O)Nc1cccc(-c2nnnn2C2CC2)c1. The van der Waals surface area contributed by atoms with E-state index < -0.39 is 0 Å². The summed E-state index contributed by atoms with van der Waals surface area (Å²) in [7, 11) is 0. The van der Waals surface area contributed by atoms with E-state index in [1.807, 2.05) is 78.3 Å². The number of carbonyl (C=O) groups excluding carboxylic acids is 1. The van der Waals surface area contributed by atoms with E-state index in [1.54, 1.807) is 0 Å². The molecule has 0 radical (unpaired) electrons. The van der Waals surface area contributed by atoms with Crippen LogP contribution in [0.15, 0.2) is 66.7 Å². The number of benzene rings is 2. The number of hydrogen-bond acceptors (Lipinski definition) is 5. The van der Waals surface area contributed by atoms with Crippen molar-refractivity contribution >= 4 is 11.6 Å². The second kappa shape index (κ2) is 7.51. The van der Waals surface area contributed by atoms with Gasteiger partial charge in [-0.25, -0.2) is 4.68 Å². The summed E-state index contributed by atoms with van der Waals surface area (Å²) >= 11 is 0. The van der Waals surface area contributed by atoms with Crippen LogP contribution in [0.25, 0.3) is 22.6 Å². The summed E-state index contributed by atoms with van der Waals surface area (Å²) < 4.78 is 1.86. The predicted molar refractivity (Wildman–Crippen MR) is 114 cm³/mol. The molecule has 0 saturated heterocycles. The Bertz CT molecular complexity index is 1210. The van der Waals surface area contributed by atoms with Crippen LogP contribution in [0.3, 0.4) is 0 Å². The van der Waals surface area contributed by atoms with Gasteiger partial charge in [-0.15, -0.1) is 5.10 Å². The molecule has 1 N–H and O–H groups in total. The van der Waals surface area contributed by atoms with Gasteiger partial charge in [0.2, 0.25) is 0 Å². The predicted octanol–water partition coefficient (Wildman–Crippen LogP) is 4.30. The number of aryl methyl sites for hydroxylation is 1. The quantitative estimate of drug-likeness (QED) is 0.544. The van der Waals surface area contributed by atoms with Gasteiger partial charge < -0.3 is 5.32 Å². The van der Waals surface area contributed by atoms with E-state index in [1.165, 1.54) is 0 Å². The van der Waals surface area contributed by atoms with Crippen molar-refractivity contribution in [1.82, 2.24) is 25.2 Å². The van der Waals surface area contributed by atoms with Crippen LogP contribution in [0.5, 0.6) is 0 Å². The van der Waals surface area contributed by atoms with Crippen LogP contribution in [0, 0.1) is 6.92 Å². The fourth-order valence-electron chi connectivity index (χ4n) is 3.45. The van der Waals surface area contributed by atoms with E-state index >= 15 is 0 Å². The molecule has 2 heterocycles. The minimum Gasteiger partial charge on any atom is -0.322 e. The van der Waals surface area contributed by atoms with Gasteiger partial charge in [-0.05, 0) is 54.5 Å². The molecule has 7 nitrogen and oxygen atoms in total. The Labute approximate surface area is 173 Å². The minimum atomic E-state index is -0.196. The molecule has 2 aromatic heterocycles. The molecule has 1 aliphatic rings. The van der Waals surface area contributed by atoms with E-state index in [0.717, 1.165) is 35.5 Å². The normalized spacial score (nSPS) is 13.2. The van der Waals surface area contributed by atoms with E-state index in [4.69, 9.17) is 0 Å². The van der Waals surface area contributed by atoms with Crippen molar-refractivity contribution < 1.29 is 4.79 Å². The largest absolute Gasteiger partial charge is 0.322 e. The number of carbonyl (C=O) groups is 1. The standard InChI is InChI=1S/C23H20N6O/c1-15-20(12-13-21(24-15)16-6-3-2-4-7-16)23(30)25-18-9-5-8-17(14-18)22-26-27-28-29(22)19-10-11-19/h2-9,12-14,19H,10-11H2,1H3,(H,25,30). The first-order valence-electron chi connectivity index (χ1n) is 9.92. The highest BCUT2D eigenvalue weighted by atomic mass is 16.1. The van der Waals surface area contributed by atoms with Crippen LogP contribution in [-0.4, -0.2) is 31.1 Å². The summed E-state index contributed by atoms with van der Waals surface area (Å²) in [6.45, 7) is 1.85. The minimum absolute atomic E-state index is 0.196. The molecular weight excluding hydrogens is 376 g/mol.